The Morgan fingerprint density at radius 3 is 1.22 bits per heavy atom. The molecule has 5 aromatic rings. The van der Waals surface area contributed by atoms with Gasteiger partial charge in [0.25, 0.3) is 0 Å². The summed E-state index contributed by atoms with van der Waals surface area (Å²) in [6, 6.07) is 40.2. The molecule has 4 aromatic carbocycles. The van der Waals surface area contributed by atoms with Crippen LogP contribution in [0.2, 0.25) is 0 Å². The van der Waals surface area contributed by atoms with E-state index in [0.717, 1.165) is 18.5 Å². The second-order valence-electron chi connectivity index (χ2n) is 10.1. The van der Waals surface area contributed by atoms with E-state index in [4.69, 9.17) is 4.98 Å². The number of hydrogen-bond acceptors (Lipinski definition) is 1. The van der Waals surface area contributed by atoms with E-state index >= 15 is 0 Å². The predicted octanol–water partition coefficient (Wildman–Crippen LogP) is 8.53. The summed E-state index contributed by atoms with van der Waals surface area (Å²) in [7, 11) is 0. The molecule has 1 nitrogen and oxygen atoms in total. The minimum atomic E-state index is -0.226. The third kappa shape index (κ3) is 2.53. The van der Waals surface area contributed by atoms with Crippen LogP contribution in [0.3, 0.4) is 0 Å². The number of fused-ring (bicyclic) bond motifs is 6. The Bertz CT molecular complexity index is 1400. The SMILES string of the molecule is CCC1(c2ccc(C3(CC)c4ccccc4-c4ccccc43)nc2)c2ccccc2-c2ccccc21. The number of benzene rings is 4. The Kier molecular flexibility index (Phi) is 4.60. The summed E-state index contributed by atoms with van der Waals surface area (Å²) < 4.78 is 0. The van der Waals surface area contributed by atoms with Gasteiger partial charge in [0.15, 0.2) is 0 Å². The van der Waals surface area contributed by atoms with Crippen molar-refractivity contribution in [1.82, 2.24) is 4.98 Å². The summed E-state index contributed by atoms with van der Waals surface area (Å²) in [5.41, 5.74) is 12.9. The summed E-state index contributed by atoms with van der Waals surface area (Å²) in [6.45, 7) is 4.61. The molecule has 174 valence electrons. The van der Waals surface area contributed by atoms with E-state index < -0.39 is 0 Å². The molecule has 0 fully saturated rings. The van der Waals surface area contributed by atoms with Crippen LogP contribution in [-0.4, -0.2) is 4.98 Å². The van der Waals surface area contributed by atoms with E-state index in [2.05, 4.69) is 129 Å². The van der Waals surface area contributed by atoms with E-state index in [0.29, 0.717) is 0 Å². The van der Waals surface area contributed by atoms with Gasteiger partial charge in [-0.2, -0.15) is 0 Å². The maximum Gasteiger partial charge on any atom is 0.0633 e. The summed E-state index contributed by atoms with van der Waals surface area (Å²) in [6.07, 6.45) is 4.13. The molecule has 2 aliphatic carbocycles. The molecule has 1 aromatic heterocycles. The lowest BCUT2D eigenvalue weighted by Gasteiger charge is -2.34. The Labute approximate surface area is 213 Å². The van der Waals surface area contributed by atoms with Gasteiger partial charge in [-0.3, -0.25) is 4.98 Å². The first kappa shape index (κ1) is 21.3. The summed E-state index contributed by atoms with van der Waals surface area (Å²) in [5.74, 6) is 0. The zero-order valence-corrected chi connectivity index (χ0v) is 20.8. The Morgan fingerprint density at radius 2 is 0.861 bits per heavy atom. The molecule has 36 heavy (non-hydrogen) atoms. The second kappa shape index (κ2) is 7.77. The van der Waals surface area contributed by atoms with Gasteiger partial charge < -0.3 is 0 Å². The average Bonchev–Trinajstić information content (AvgIpc) is 3.42. The van der Waals surface area contributed by atoms with Crippen molar-refractivity contribution < 1.29 is 0 Å². The summed E-state index contributed by atoms with van der Waals surface area (Å²) >= 11 is 0. The van der Waals surface area contributed by atoms with Gasteiger partial charge in [-0.1, -0.05) is 117 Å². The van der Waals surface area contributed by atoms with Crippen LogP contribution >= 0.6 is 0 Å². The van der Waals surface area contributed by atoms with E-state index in [1.165, 1.54) is 50.1 Å². The third-order valence-electron chi connectivity index (χ3n) is 8.88. The molecule has 0 saturated heterocycles. The van der Waals surface area contributed by atoms with Crippen molar-refractivity contribution in [3.63, 3.8) is 0 Å². The molecular formula is C35H29N. The highest BCUT2D eigenvalue weighted by Crippen LogP contribution is 2.56. The van der Waals surface area contributed by atoms with Gasteiger partial charge in [-0.25, -0.2) is 0 Å². The minimum absolute atomic E-state index is 0.177. The van der Waals surface area contributed by atoms with Crippen molar-refractivity contribution in [2.75, 3.05) is 0 Å². The molecule has 2 aliphatic rings. The first-order chi connectivity index (χ1) is 17.8. The molecule has 0 radical (unpaired) electrons. The first-order valence-electron chi connectivity index (χ1n) is 13.1. The fraction of sp³-hybridized carbons (Fsp3) is 0.171. The highest BCUT2D eigenvalue weighted by molar-refractivity contribution is 5.84. The normalized spacial score (nSPS) is 15.6. The zero-order chi connectivity index (χ0) is 24.3. The zero-order valence-electron chi connectivity index (χ0n) is 20.8. The molecule has 1 heterocycles. The van der Waals surface area contributed by atoms with Crippen LogP contribution in [0, 0.1) is 0 Å². The van der Waals surface area contributed by atoms with Gasteiger partial charge >= 0.3 is 0 Å². The van der Waals surface area contributed by atoms with Crippen molar-refractivity contribution in [3.05, 3.63) is 149 Å². The Hall–Kier alpha value is -3.97. The number of aromatic nitrogens is 1. The van der Waals surface area contributed by atoms with E-state index in [1.54, 1.807) is 0 Å². The van der Waals surface area contributed by atoms with E-state index in [9.17, 15) is 0 Å². The van der Waals surface area contributed by atoms with Gasteiger partial charge in [0.1, 0.15) is 0 Å². The average molecular weight is 464 g/mol. The largest absolute Gasteiger partial charge is 0.260 e. The molecule has 1 heteroatoms. The van der Waals surface area contributed by atoms with Crippen LogP contribution in [0.1, 0.15) is 60.2 Å². The van der Waals surface area contributed by atoms with Crippen molar-refractivity contribution in [2.24, 2.45) is 0 Å². The van der Waals surface area contributed by atoms with Crippen LogP contribution < -0.4 is 0 Å². The monoisotopic (exact) mass is 463 g/mol. The van der Waals surface area contributed by atoms with Crippen molar-refractivity contribution in [3.8, 4) is 22.3 Å². The van der Waals surface area contributed by atoms with Crippen molar-refractivity contribution in [2.45, 2.75) is 37.5 Å². The van der Waals surface area contributed by atoms with Gasteiger partial charge in [-0.05, 0) is 69.0 Å². The van der Waals surface area contributed by atoms with Crippen LogP contribution in [0.4, 0.5) is 0 Å². The minimum Gasteiger partial charge on any atom is -0.260 e. The lowest BCUT2D eigenvalue weighted by atomic mass is 9.70. The summed E-state index contributed by atoms with van der Waals surface area (Å²) in [5, 5.41) is 0. The Balaban J connectivity index is 1.44. The summed E-state index contributed by atoms with van der Waals surface area (Å²) in [4.78, 5) is 5.28. The van der Waals surface area contributed by atoms with Crippen LogP contribution in [-0.2, 0) is 10.8 Å². The number of pyridine rings is 1. The molecule has 0 amide bonds. The van der Waals surface area contributed by atoms with Gasteiger partial charge in [0.05, 0.1) is 11.1 Å². The molecule has 0 N–H and O–H groups in total. The highest BCUT2D eigenvalue weighted by atomic mass is 14.7. The van der Waals surface area contributed by atoms with E-state index in [1.807, 2.05) is 0 Å². The Morgan fingerprint density at radius 1 is 0.472 bits per heavy atom. The lowest BCUT2D eigenvalue weighted by molar-refractivity contribution is 0.578. The maximum absolute atomic E-state index is 5.28. The number of nitrogens with zero attached hydrogens (tertiary/aromatic N) is 1. The van der Waals surface area contributed by atoms with Crippen molar-refractivity contribution >= 4 is 0 Å². The molecule has 0 spiro atoms. The predicted molar refractivity (Wildman–Crippen MR) is 148 cm³/mol. The molecular weight excluding hydrogens is 434 g/mol. The molecule has 0 atom stereocenters. The van der Waals surface area contributed by atoms with Crippen LogP contribution in [0.25, 0.3) is 22.3 Å². The molecule has 0 aliphatic heterocycles. The second-order valence-corrected chi connectivity index (χ2v) is 10.1. The van der Waals surface area contributed by atoms with E-state index in [-0.39, 0.29) is 10.8 Å². The molecule has 0 unspecified atom stereocenters. The fourth-order valence-electron chi connectivity index (χ4n) is 7.28. The highest BCUT2D eigenvalue weighted by Gasteiger charge is 2.46. The third-order valence-corrected chi connectivity index (χ3v) is 8.88. The van der Waals surface area contributed by atoms with Crippen molar-refractivity contribution in [1.29, 1.82) is 0 Å². The molecule has 0 saturated carbocycles. The molecule has 0 bridgehead atoms. The topological polar surface area (TPSA) is 12.9 Å². The smallest absolute Gasteiger partial charge is 0.0633 e. The molecule has 7 rings (SSSR count). The number of rotatable bonds is 4. The van der Waals surface area contributed by atoms with Crippen LogP contribution in [0.15, 0.2) is 115 Å². The maximum atomic E-state index is 5.28. The standard InChI is InChI=1S/C35H29N/c1-3-34(29-17-9-5-13-25(29)26-14-6-10-18-30(26)34)24-21-22-33(36-23-24)35(4-2)31-19-11-7-15-27(31)28-16-8-12-20-32(28)35/h5-23H,3-4H2,1-2H3. The van der Waals surface area contributed by atoms with Gasteiger partial charge in [0.2, 0.25) is 0 Å². The number of hydrogen-bond donors (Lipinski definition) is 0. The van der Waals surface area contributed by atoms with Gasteiger partial charge in [0, 0.05) is 11.6 Å². The lowest BCUT2D eigenvalue weighted by Crippen LogP contribution is -2.29. The quantitative estimate of drug-likeness (QED) is 0.260. The first-order valence-corrected chi connectivity index (χ1v) is 13.1. The van der Waals surface area contributed by atoms with Crippen LogP contribution in [0.5, 0.6) is 0 Å². The fourth-order valence-corrected chi connectivity index (χ4v) is 7.28. The van der Waals surface area contributed by atoms with Gasteiger partial charge in [-0.15, -0.1) is 0 Å².